The van der Waals surface area contributed by atoms with Crippen LogP contribution >= 0.6 is 0 Å². The van der Waals surface area contributed by atoms with Gasteiger partial charge >= 0.3 is 17.9 Å². The minimum Gasteiger partial charge on any atom is -0.462 e. The van der Waals surface area contributed by atoms with Crippen molar-refractivity contribution in [3.63, 3.8) is 0 Å². The van der Waals surface area contributed by atoms with Crippen LogP contribution in [0.3, 0.4) is 0 Å². The third kappa shape index (κ3) is 52.3. The van der Waals surface area contributed by atoms with Gasteiger partial charge in [0.05, 0.1) is 0 Å². The first-order chi connectivity index (χ1) is 32.5. The zero-order valence-electron chi connectivity index (χ0n) is 44.0. The van der Waals surface area contributed by atoms with Gasteiger partial charge < -0.3 is 14.2 Å². The Bertz CT molecular complexity index is 1150. The van der Waals surface area contributed by atoms with E-state index >= 15 is 0 Å². The maximum Gasteiger partial charge on any atom is 0.306 e. The van der Waals surface area contributed by atoms with Gasteiger partial charge in [0.25, 0.3) is 0 Å². The second-order valence-corrected chi connectivity index (χ2v) is 19.2. The molecule has 0 N–H and O–H groups in total. The molecule has 0 fully saturated rings. The molecule has 6 heteroatoms. The van der Waals surface area contributed by atoms with Crippen molar-refractivity contribution in [3.8, 4) is 0 Å². The van der Waals surface area contributed by atoms with E-state index in [1.807, 2.05) is 0 Å². The molecule has 0 saturated heterocycles. The van der Waals surface area contributed by atoms with Gasteiger partial charge in [0, 0.05) is 19.3 Å². The van der Waals surface area contributed by atoms with Crippen LogP contribution in [0.15, 0.2) is 48.6 Å². The lowest BCUT2D eigenvalue weighted by molar-refractivity contribution is -0.167. The van der Waals surface area contributed by atoms with Crippen LogP contribution in [0.4, 0.5) is 0 Å². The van der Waals surface area contributed by atoms with Crippen molar-refractivity contribution in [3.05, 3.63) is 48.6 Å². The molecule has 0 rings (SSSR count). The lowest BCUT2D eigenvalue weighted by Gasteiger charge is -2.18. The number of allylic oxidation sites excluding steroid dienone is 8. The van der Waals surface area contributed by atoms with Gasteiger partial charge in [-0.05, 0) is 77.0 Å². The molecule has 0 aromatic rings. The van der Waals surface area contributed by atoms with Crippen molar-refractivity contribution in [2.24, 2.45) is 0 Å². The summed E-state index contributed by atoms with van der Waals surface area (Å²) in [6.45, 7) is 6.58. The Morgan fingerprint density at radius 2 is 0.561 bits per heavy atom. The summed E-state index contributed by atoms with van der Waals surface area (Å²) >= 11 is 0. The van der Waals surface area contributed by atoms with Crippen LogP contribution in [0.5, 0.6) is 0 Å². The van der Waals surface area contributed by atoms with Crippen molar-refractivity contribution in [1.82, 2.24) is 0 Å². The highest BCUT2D eigenvalue weighted by molar-refractivity contribution is 5.71. The highest BCUT2D eigenvalue weighted by Gasteiger charge is 2.19. The van der Waals surface area contributed by atoms with Crippen LogP contribution in [0.2, 0.25) is 0 Å². The molecule has 0 heterocycles. The number of carbonyl (C=O) groups is 3. The van der Waals surface area contributed by atoms with Gasteiger partial charge in [-0.3, -0.25) is 14.4 Å². The molecule has 0 unspecified atom stereocenters. The van der Waals surface area contributed by atoms with E-state index in [2.05, 4.69) is 69.4 Å². The van der Waals surface area contributed by atoms with Gasteiger partial charge in [-0.25, -0.2) is 0 Å². The van der Waals surface area contributed by atoms with E-state index in [-0.39, 0.29) is 31.1 Å². The van der Waals surface area contributed by atoms with E-state index in [4.69, 9.17) is 14.2 Å². The third-order valence-corrected chi connectivity index (χ3v) is 12.6. The lowest BCUT2D eigenvalue weighted by atomic mass is 10.0. The summed E-state index contributed by atoms with van der Waals surface area (Å²) in [5.74, 6) is -0.896. The van der Waals surface area contributed by atoms with Crippen LogP contribution in [-0.2, 0) is 28.6 Å². The van der Waals surface area contributed by atoms with Crippen molar-refractivity contribution in [2.75, 3.05) is 13.2 Å². The molecular weight excluding hydrogens is 817 g/mol. The zero-order valence-corrected chi connectivity index (χ0v) is 44.0. The van der Waals surface area contributed by atoms with Gasteiger partial charge in [0.1, 0.15) is 13.2 Å². The number of unbranched alkanes of at least 4 members (excludes halogenated alkanes) is 33. The molecular formula is C60H108O6. The van der Waals surface area contributed by atoms with Crippen molar-refractivity contribution >= 4 is 17.9 Å². The molecule has 0 bridgehead atoms. The van der Waals surface area contributed by atoms with Crippen molar-refractivity contribution in [1.29, 1.82) is 0 Å². The molecule has 0 spiro atoms. The molecule has 0 aromatic heterocycles. The Kier molecular flexibility index (Phi) is 52.8. The maximum atomic E-state index is 12.8. The maximum absolute atomic E-state index is 12.8. The van der Waals surface area contributed by atoms with Crippen molar-refractivity contribution < 1.29 is 28.6 Å². The molecule has 0 aliphatic rings. The topological polar surface area (TPSA) is 78.9 Å². The summed E-state index contributed by atoms with van der Waals surface area (Å²) in [6.07, 6.45) is 66.7. The summed E-state index contributed by atoms with van der Waals surface area (Å²) in [7, 11) is 0. The fourth-order valence-corrected chi connectivity index (χ4v) is 8.20. The first kappa shape index (κ1) is 63.4. The van der Waals surface area contributed by atoms with E-state index in [0.29, 0.717) is 19.3 Å². The standard InChI is InChI=1S/C60H108O6/c1-4-7-10-13-16-19-22-25-28-29-30-31-33-35-38-41-44-47-50-53-59(62)65-56-57(55-64-58(61)52-49-46-43-40-37-34-27-24-21-18-15-12-9-6-3)66-60(63)54-51-48-45-42-39-36-32-26-23-20-17-14-11-8-5-2/h15,17-18,20,24,26-27,32,57H,4-14,16,19,21-23,25,28-31,33-56H2,1-3H3/b18-15-,20-17-,27-24-,32-26-/t57-/m1/s1. The second kappa shape index (κ2) is 55.0. The average Bonchev–Trinajstić information content (AvgIpc) is 3.31. The summed E-state index contributed by atoms with van der Waals surface area (Å²) in [4.78, 5) is 38.1. The Labute approximate surface area is 409 Å². The van der Waals surface area contributed by atoms with E-state index in [1.54, 1.807) is 0 Å². The van der Waals surface area contributed by atoms with E-state index in [1.165, 1.54) is 154 Å². The fraction of sp³-hybridized carbons (Fsp3) is 0.817. The summed E-state index contributed by atoms with van der Waals surface area (Å²) in [6, 6.07) is 0. The second-order valence-electron chi connectivity index (χ2n) is 19.2. The quantitative estimate of drug-likeness (QED) is 0.0262. The molecule has 6 nitrogen and oxygen atoms in total. The largest absolute Gasteiger partial charge is 0.462 e. The van der Waals surface area contributed by atoms with Crippen LogP contribution in [0, 0.1) is 0 Å². The summed E-state index contributed by atoms with van der Waals surface area (Å²) < 4.78 is 16.8. The molecule has 0 aliphatic heterocycles. The SMILES string of the molecule is CCCC/C=C\C/C=C\CCCCCCCC(=O)OC[C@H](COC(=O)CCCCCCCCCCCCCCCCCCCCC)OC(=O)CCCCCCC/C=C\C/C=C\CCCCC. The highest BCUT2D eigenvalue weighted by Crippen LogP contribution is 2.16. The monoisotopic (exact) mass is 925 g/mol. The normalized spacial score (nSPS) is 12.3. The predicted octanol–water partition coefficient (Wildman–Crippen LogP) is 19.0. The van der Waals surface area contributed by atoms with E-state index in [9.17, 15) is 14.4 Å². The number of esters is 3. The molecule has 66 heavy (non-hydrogen) atoms. The molecule has 0 amide bonds. The Morgan fingerprint density at radius 1 is 0.303 bits per heavy atom. The van der Waals surface area contributed by atoms with Gasteiger partial charge in [-0.2, -0.15) is 0 Å². The molecule has 1 atom stereocenters. The lowest BCUT2D eigenvalue weighted by Crippen LogP contribution is -2.30. The summed E-state index contributed by atoms with van der Waals surface area (Å²) in [5, 5.41) is 0. The molecule has 0 saturated carbocycles. The number of hydrogen-bond donors (Lipinski definition) is 0. The Hall–Kier alpha value is -2.63. The van der Waals surface area contributed by atoms with E-state index < -0.39 is 6.10 Å². The smallest absolute Gasteiger partial charge is 0.306 e. The minimum absolute atomic E-state index is 0.0806. The summed E-state index contributed by atoms with van der Waals surface area (Å²) in [5.41, 5.74) is 0. The average molecular weight is 926 g/mol. The number of ether oxygens (including phenoxy) is 3. The van der Waals surface area contributed by atoms with Crippen LogP contribution in [0.1, 0.15) is 297 Å². The number of rotatable bonds is 52. The number of carbonyl (C=O) groups excluding carboxylic acids is 3. The van der Waals surface area contributed by atoms with Gasteiger partial charge in [0.15, 0.2) is 6.10 Å². The van der Waals surface area contributed by atoms with Gasteiger partial charge in [-0.15, -0.1) is 0 Å². The minimum atomic E-state index is -0.784. The first-order valence-corrected chi connectivity index (χ1v) is 28.6. The van der Waals surface area contributed by atoms with Crippen molar-refractivity contribution in [2.45, 2.75) is 303 Å². The van der Waals surface area contributed by atoms with Gasteiger partial charge in [-0.1, -0.05) is 249 Å². The van der Waals surface area contributed by atoms with Crippen LogP contribution in [0.25, 0.3) is 0 Å². The Balaban J connectivity index is 4.36. The zero-order chi connectivity index (χ0) is 47.9. The van der Waals surface area contributed by atoms with Gasteiger partial charge in [0.2, 0.25) is 0 Å². The van der Waals surface area contributed by atoms with Crippen LogP contribution < -0.4 is 0 Å². The highest BCUT2D eigenvalue weighted by atomic mass is 16.6. The Morgan fingerprint density at radius 3 is 0.909 bits per heavy atom. The molecule has 0 aliphatic carbocycles. The van der Waals surface area contributed by atoms with Crippen LogP contribution in [-0.4, -0.2) is 37.2 Å². The first-order valence-electron chi connectivity index (χ1n) is 28.6. The predicted molar refractivity (Wildman–Crippen MR) is 284 cm³/mol. The third-order valence-electron chi connectivity index (χ3n) is 12.6. The fourth-order valence-electron chi connectivity index (χ4n) is 8.20. The molecule has 0 aromatic carbocycles. The molecule has 384 valence electrons. The van der Waals surface area contributed by atoms with E-state index in [0.717, 1.165) is 103 Å². The number of hydrogen-bond acceptors (Lipinski definition) is 6. The molecule has 0 radical (unpaired) electrons.